The van der Waals surface area contributed by atoms with Gasteiger partial charge in [0, 0.05) is 6.07 Å². The highest BCUT2D eigenvalue weighted by Crippen LogP contribution is 2.21. The van der Waals surface area contributed by atoms with Gasteiger partial charge in [-0.3, -0.25) is 0 Å². The van der Waals surface area contributed by atoms with Gasteiger partial charge in [-0.1, -0.05) is 0 Å². The van der Waals surface area contributed by atoms with E-state index in [0.717, 1.165) is 12.1 Å². The summed E-state index contributed by atoms with van der Waals surface area (Å²) in [6.45, 7) is 0. The molecule has 1 fully saturated rings. The van der Waals surface area contributed by atoms with E-state index in [1.807, 2.05) is 0 Å². The summed E-state index contributed by atoms with van der Waals surface area (Å²) in [5, 5.41) is 2.13. The van der Waals surface area contributed by atoms with Crippen molar-refractivity contribution in [2.75, 3.05) is 0 Å². The zero-order valence-electron chi connectivity index (χ0n) is 7.29. The van der Waals surface area contributed by atoms with E-state index in [4.69, 9.17) is 0 Å². The molecule has 0 aromatic heterocycles. The van der Waals surface area contributed by atoms with E-state index in [1.165, 1.54) is 0 Å². The van der Waals surface area contributed by atoms with Crippen LogP contribution in [0.15, 0.2) is 18.2 Å². The average Bonchev–Trinajstić information content (AvgIpc) is 2.43. The zero-order valence-corrected chi connectivity index (χ0v) is 7.29. The molecule has 78 valence electrons. The van der Waals surface area contributed by atoms with Crippen molar-refractivity contribution in [3.63, 3.8) is 0 Å². The Bertz CT molecular complexity index is 427. The van der Waals surface area contributed by atoms with Crippen LogP contribution in [0.4, 0.5) is 13.6 Å². The van der Waals surface area contributed by atoms with Gasteiger partial charge in [0.25, 0.3) is 0 Å². The molecular formula is C9H5F2NO3. The highest BCUT2D eigenvalue weighted by Gasteiger charge is 2.34. The molecule has 0 aliphatic carbocycles. The fraction of sp³-hybridized carbons (Fsp3) is 0.111. The Labute approximate surface area is 82.8 Å². The highest BCUT2D eigenvalue weighted by atomic mass is 19.1. The van der Waals surface area contributed by atoms with Crippen LogP contribution in [-0.4, -0.2) is 12.1 Å². The molecule has 1 N–H and O–H groups in total. The number of hydrogen-bond donors (Lipinski definition) is 1. The summed E-state index contributed by atoms with van der Waals surface area (Å²) in [5.41, 5.74) is 0.0170. The summed E-state index contributed by atoms with van der Waals surface area (Å²) in [6, 6.07) is 1.45. The number of ether oxygens (including phenoxy) is 1. The van der Waals surface area contributed by atoms with Crippen molar-refractivity contribution in [1.82, 2.24) is 5.32 Å². The van der Waals surface area contributed by atoms with Crippen molar-refractivity contribution in [3.05, 3.63) is 35.4 Å². The molecule has 1 aliphatic rings. The number of carbonyl (C=O) groups excluding carboxylic acids is 2. The van der Waals surface area contributed by atoms with Crippen molar-refractivity contribution in [2.45, 2.75) is 6.04 Å². The Hall–Kier alpha value is -1.98. The lowest BCUT2D eigenvalue weighted by Crippen LogP contribution is -2.20. The van der Waals surface area contributed by atoms with Gasteiger partial charge >= 0.3 is 12.1 Å². The number of hydrogen-bond acceptors (Lipinski definition) is 3. The molecule has 1 unspecified atom stereocenters. The van der Waals surface area contributed by atoms with Crippen LogP contribution in [0.25, 0.3) is 0 Å². The molecule has 1 atom stereocenters. The van der Waals surface area contributed by atoms with Gasteiger partial charge in [0.15, 0.2) is 6.04 Å². The molecule has 1 aromatic rings. The van der Waals surface area contributed by atoms with E-state index < -0.39 is 29.7 Å². The van der Waals surface area contributed by atoms with Gasteiger partial charge in [-0.05, 0) is 17.7 Å². The predicted molar refractivity (Wildman–Crippen MR) is 43.7 cm³/mol. The Kier molecular flexibility index (Phi) is 2.11. The van der Waals surface area contributed by atoms with Gasteiger partial charge in [-0.25, -0.2) is 18.4 Å². The second-order valence-corrected chi connectivity index (χ2v) is 2.99. The standard InChI is InChI=1S/C9H5F2NO3/c10-5-1-4(2-6(11)3-5)7-8(13)15-9(14)12-7/h1-3,7H,(H,12,14). The van der Waals surface area contributed by atoms with Crippen LogP contribution in [0.1, 0.15) is 11.6 Å². The smallest absolute Gasteiger partial charge is 0.374 e. The van der Waals surface area contributed by atoms with Crippen LogP contribution in [-0.2, 0) is 9.53 Å². The second kappa shape index (κ2) is 3.30. The van der Waals surface area contributed by atoms with E-state index in [-0.39, 0.29) is 5.56 Å². The third-order valence-electron chi connectivity index (χ3n) is 1.91. The summed E-state index contributed by atoms with van der Waals surface area (Å²) < 4.78 is 29.8. The molecule has 0 spiro atoms. The Morgan fingerprint density at radius 2 is 1.73 bits per heavy atom. The summed E-state index contributed by atoms with van der Waals surface area (Å²) in [5.74, 6) is -2.51. The summed E-state index contributed by atoms with van der Waals surface area (Å²) >= 11 is 0. The quantitative estimate of drug-likeness (QED) is 0.564. The number of benzene rings is 1. The Morgan fingerprint density at radius 3 is 2.20 bits per heavy atom. The molecule has 0 saturated carbocycles. The van der Waals surface area contributed by atoms with E-state index in [9.17, 15) is 18.4 Å². The number of halogens is 2. The van der Waals surface area contributed by atoms with Crippen LogP contribution in [0.2, 0.25) is 0 Å². The van der Waals surface area contributed by atoms with Crippen LogP contribution < -0.4 is 5.32 Å². The largest absolute Gasteiger partial charge is 0.415 e. The summed E-state index contributed by atoms with van der Waals surface area (Å²) in [6.07, 6.45) is -0.922. The summed E-state index contributed by atoms with van der Waals surface area (Å²) in [4.78, 5) is 21.7. The molecule has 1 amide bonds. The van der Waals surface area contributed by atoms with E-state index in [0.29, 0.717) is 6.07 Å². The van der Waals surface area contributed by atoms with Crippen molar-refractivity contribution in [2.24, 2.45) is 0 Å². The maximum absolute atomic E-state index is 12.8. The minimum atomic E-state index is -1.14. The van der Waals surface area contributed by atoms with Crippen molar-refractivity contribution >= 4 is 12.1 Å². The average molecular weight is 213 g/mol. The Balaban J connectivity index is 2.37. The molecule has 0 bridgehead atoms. The maximum atomic E-state index is 12.8. The van der Waals surface area contributed by atoms with Crippen LogP contribution >= 0.6 is 0 Å². The molecule has 6 heteroatoms. The fourth-order valence-corrected chi connectivity index (χ4v) is 1.32. The minimum Gasteiger partial charge on any atom is -0.374 e. The summed E-state index contributed by atoms with van der Waals surface area (Å²) in [7, 11) is 0. The number of rotatable bonds is 1. The zero-order chi connectivity index (χ0) is 11.0. The van der Waals surface area contributed by atoms with Crippen LogP contribution in [0, 0.1) is 11.6 Å². The van der Waals surface area contributed by atoms with Gasteiger partial charge in [0.2, 0.25) is 0 Å². The molecule has 1 saturated heterocycles. The van der Waals surface area contributed by atoms with Gasteiger partial charge in [-0.2, -0.15) is 0 Å². The lowest BCUT2D eigenvalue weighted by molar-refractivity contribution is -0.135. The molecule has 2 rings (SSSR count). The first kappa shape index (κ1) is 9.57. The molecule has 0 radical (unpaired) electrons. The van der Waals surface area contributed by atoms with Crippen molar-refractivity contribution < 1.29 is 23.1 Å². The minimum absolute atomic E-state index is 0.0170. The van der Waals surface area contributed by atoms with Crippen molar-refractivity contribution in [1.29, 1.82) is 0 Å². The first-order valence-corrected chi connectivity index (χ1v) is 4.04. The van der Waals surface area contributed by atoms with Crippen LogP contribution in [0.5, 0.6) is 0 Å². The van der Waals surface area contributed by atoms with Gasteiger partial charge in [-0.15, -0.1) is 0 Å². The van der Waals surface area contributed by atoms with Crippen LogP contribution in [0.3, 0.4) is 0 Å². The normalized spacial score (nSPS) is 20.0. The molecular weight excluding hydrogens is 208 g/mol. The molecule has 15 heavy (non-hydrogen) atoms. The first-order chi connectivity index (χ1) is 7.06. The monoisotopic (exact) mass is 213 g/mol. The number of alkyl carbamates (subject to hydrolysis) is 1. The number of carbonyl (C=O) groups is 2. The molecule has 1 heterocycles. The maximum Gasteiger partial charge on any atom is 0.415 e. The van der Waals surface area contributed by atoms with Crippen molar-refractivity contribution in [3.8, 4) is 0 Å². The fourth-order valence-electron chi connectivity index (χ4n) is 1.32. The lowest BCUT2D eigenvalue weighted by Gasteiger charge is -2.05. The lowest BCUT2D eigenvalue weighted by atomic mass is 10.1. The van der Waals surface area contributed by atoms with E-state index in [2.05, 4.69) is 10.1 Å². The number of amides is 1. The second-order valence-electron chi connectivity index (χ2n) is 2.99. The van der Waals surface area contributed by atoms with Gasteiger partial charge in [0.1, 0.15) is 11.6 Å². The molecule has 1 aromatic carbocycles. The Morgan fingerprint density at radius 1 is 1.13 bits per heavy atom. The topological polar surface area (TPSA) is 55.4 Å². The SMILES string of the molecule is O=C1NC(c2cc(F)cc(F)c2)C(=O)O1. The highest BCUT2D eigenvalue weighted by molar-refractivity contribution is 5.96. The molecule has 4 nitrogen and oxygen atoms in total. The number of esters is 1. The third kappa shape index (κ3) is 1.78. The predicted octanol–water partition coefficient (Wildman–Crippen LogP) is 1.27. The number of nitrogens with one attached hydrogen (secondary N) is 1. The first-order valence-electron chi connectivity index (χ1n) is 4.04. The number of cyclic esters (lactones) is 2. The third-order valence-corrected chi connectivity index (χ3v) is 1.91. The van der Waals surface area contributed by atoms with Gasteiger partial charge in [0.05, 0.1) is 0 Å². The van der Waals surface area contributed by atoms with E-state index >= 15 is 0 Å². The van der Waals surface area contributed by atoms with Gasteiger partial charge < -0.3 is 10.1 Å². The molecule has 1 aliphatic heterocycles. The van der Waals surface area contributed by atoms with E-state index in [1.54, 1.807) is 0 Å².